The summed E-state index contributed by atoms with van der Waals surface area (Å²) >= 11 is 1.46. The maximum absolute atomic E-state index is 14.2. The molecule has 168 valence electrons. The Kier molecular flexibility index (Phi) is 5.61. The molecule has 0 aliphatic carbocycles. The number of pyridine rings is 1. The minimum atomic E-state index is -4.52. The van der Waals surface area contributed by atoms with Crippen molar-refractivity contribution in [2.75, 3.05) is 9.62 Å². The molecular formula is C24H23F4N3S. The summed E-state index contributed by atoms with van der Waals surface area (Å²) in [6, 6.07) is 14.0. The zero-order valence-corrected chi connectivity index (χ0v) is 19.0. The van der Waals surface area contributed by atoms with Crippen molar-refractivity contribution in [3.63, 3.8) is 0 Å². The molecule has 0 saturated heterocycles. The van der Waals surface area contributed by atoms with Gasteiger partial charge in [-0.3, -0.25) is 0 Å². The van der Waals surface area contributed by atoms with E-state index >= 15 is 0 Å². The summed E-state index contributed by atoms with van der Waals surface area (Å²) < 4.78 is 56.3. The van der Waals surface area contributed by atoms with Gasteiger partial charge in [0.05, 0.1) is 17.9 Å². The summed E-state index contributed by atoms with van der Waals surface area (Å²) in [5, 5.41) is 3.13. The zero-order valence-electron chi connectivity index (χ0n) is 18.1. The third-order valence-electron chi connectivity index (χ3n) is 5.44. The SMILES string of the molecule is Cc1cc(C(F)(F)F)nc2c1CN(Sc1ccc(C(C)(C)F)cc1)c1c(C)cccc1N2. The molecule has 2 heterocycles. The highest BCUT2D eigenvalue weighted by Gasteiger charge is 2.35. The molecule has 0 fully saturated rings. The molecule has 3 aromatic rings. The molecule has 0 bridgehead atoms. The van der Waals surface area contributed by atoms with Gasteiger partial charge in [-0.25, -0.2) is 9.37 Å². The molecule has 0 atom stereocenters. The molecule has 3 nitrogen and oxygen atoms in total. The van der Waals surface area contributed by atoms with E-state index < -0.39 is 17.5 Å². The van der Waals surface area contributed by atoms with Crippen molar-refractivity contribution in [1.82, 2.24) is 4.98 Å². The van der Waals surface area contributed by atoms with E-state index in [0.717, 1.165) is 22.2 Å². The molecule has 0 radical (unpaired) electrons. The Balaban J connectivity index is 1.77. The number of benzene rings is 2. The lowest BCUT2D eigenvalue weighted by molar-refractivity contribution is -0.141. The quantitative estimate of drug-likeness (QED) is 0.320. The number of fused-ring (bicyclic) bond motifs is 2. The number of hydrogen-bond acceptors (Lipinski definition) is 4. The smallest absolute Gasteiger partial charge is 0.338 e. The van der Waals surface area contributed by atoms with Crippen LogP contribution in [0.1, 0.15) is 41.8 Å². The van der Waals surface area contributed by atoms with E-state index in [-0.39, 0.29) is 5.82 Å². The Hall–Kier alpha value is -2.74. The van der Waals surface area contributed by atoms with E-state index in [9.17, 15) is 17.6 Å². The van der Waals surface area contributed by atoms with Gasteiger partial charge in [-0.2, -0.15) is 13.2 Å². The molecule has 1 N–H and O–H groups in total. The van der Waals surface area contributed by atoms with Gasteiger partial charge in [-0.05, 0) is 80.6 Å². The lowest BCUT2D eigenvalue weighted by Crippen LogP contribution is -2.16. The van der Waals surface area contributed by atoms with Gasteiger partial charge < -0.3 is 9.62 Å². The average molecular weight is 462 g/mol. The van der Waals surface area contributed by atoms with Crippen LogP contribution in [0.5, 0.6) is 0 Å². The monoisotopic (exact) mass is 461 g/mol. The number of alkyl halides is 4. The van der Waals surface area contributed by atoms with Gasteiger partial charge in [0.15, 0.2) is 0 Å². The van der Waals surface area contributed by atoms with Crippen molar-refractivity contribution in [1.29, 1.82) is 0 Å². The Morgan fingerprint density at radius 3 is 2.28 bits per heavy atom. The maximum atomic E-state index is 14.2. The van der Waals surface area contributed by atoms with Crippen LogP contribution in [0.3, 0.4) is 0 Å². The van der Waals surface area contributed by atoms with Crippen molar-refractivity contribution in [3.8, 4) is 0 Å². The highest BCUT2D eigenvalue weighted by molar-refractivity contribution is 8.00. The molecule has 32 heavy (non-hydrogen) atoms. The van der Waals surface area contributed by atoms with Crippen molar-refractivity contribution >= 4 is 29.1 Å². The summed E-state index contributed by atoms with van der Waals surface area (Å²) in [7, 11) is 0. The summed E-state index contributed by atoms with van der Waals surface area (Å²) in [5.41, 5.74) is 1.98. The molecule has 0 unspecified atom stereocenters. The number of hydrogen-bond donors (Lipinski definition) is 1. The molecule has 4 rings (SSSR count). The van der Waals surface area contributed by atoms with E-state index in [1.807, 2.05) is 41.6 Å². The Morgan fingerprint density at radius 1 is 0.969 bits per heavy atom. The first-order valence-electron chi connectivity index (χ1n) is 10.1. The van der Waals surface area contributed by atoms with Gasteiger partial charge in [0.25, 0.3) is 0 Å². The molecule has 8 heteroatoms. The van der Waals surface area contributed by atoms with Crippen LogP contribution in [-0.2, 0) is 18.4 Å². The second-order valence-corrected chi connectivity index (χ2v) is 9.46. The highest BCUT2D eigenvalue weighted by Crippen LogP contribution is 2.44. The van der Waals surface area contributed by atoms with Gasteiger partial charge in [-0.1, -0.05) is 24.3 Å². The number of nitrogens with zero attached hydrogens (tertiary/aromatic N) is 2. The molecule has 1 aliphatic rings. The first-order chi connectivity index (χ1) is 14.9. The molecule has 2 aromatic carbocycles. The van der Waals surface area contributed by atoms with Crippen molar-refractivity contribution in [3.05, 3.63) is 76.5 Å². The van der Waals surface area contributed by atoms with E-state index in [1.54, 1.807) is 19.1 Å². The minimum Gasteiger partial charge on any atom is -0.338 e. The molecule has 0 amide bonds. The van der Waals surface area contributed by atoms with E-state index in [1.165, 1.54) is 25.8 Å². The molecule has 1 aromatic heterocycles. The van der Waals surface area contributed by atoms with Crippen molar-refractivity contribution < 1.29 is 17.6 Å². The second kappa shape index (κ2) is 7.99. The number of aryl methyl sites for hydroxylation is 2. The van der Waals surface area contributed by atoms with Gasteiger partial charge in [0, 0.05) is 10.5 Å². The topological polar surface area (TPSA) is 28.2 Å². The first kappa shape index (κ1) is 22.5. The number of nitrogens with one attached hydrogen (secondary N) is 1. The van der Waals surface area contributed by atoms with Crippen molar-refractivity contribution in [2.24, 2.45) is 0 Å². The number of rotatable bonds is 3. The summed E-state index contributed by atoms with van der Waals surface area (Å²) in [4.78, 5) is 4.80. The van der Waals surface area contributed by atoms with Crippen LogP contribution in [0, 0.1) is 13.8 Å². The number of para-hydroxylation sites is 1. The summed E-state index contributed by atoms with van der Waals surface area (Å²) in [6.45, 7) is 7.01. The largest absolute Gasteiger partial charge is 0.433 e. The first-order valence-corrected chi connectivity index (χ1v) is 10.9. The van der Waals surface area contributed by atoms with Gasteiger partial charge in [0.2, 0.25) is 0 Å². The summed E-state index contributed by atoms with van der Waals surface area (Å²) in [6.07, 6.45) is -4.52. The summed E-state index contributed by atoms with van der Waals surface area (Å²) in [5.74, 6) is 0.210. The van der Waals surface area contributed by atoms with Crippen LogP contribution in [0.2, 0.25) is 0 Å². The lowest BCUT2D eigenvalue weighted by Gasteiger charge is -2.25. The third kappa shape index (κ3) is 4.41. The van der Waals surface area contributed by atoms with Crippen LogP contribution in [0.4, 0.5) is 34.8 Å². The lowest BCUT2D eigenvalue weighted by atomic mass is 10.0. The van der Waals surface area contributed by atoms with E-state index in [0.29, 0.717) is 28.9 Å². The predicted molar refractivity (Wildman–Crippen MR) is 121 cm³/mol. The fraction of sp³-hybridized carbons (Fsp3) is 0.292. The Labute approximate surface area is 189 Å². The molecule has 1 aliphatic heterocycles. The van der Waals surface area contributed by atoms with E-state index in [4.69, 9.17) is 0 Å². The van der Waals surface area contributed by atoms with E-state index in [2.05, 4.69) is 10.3 Å². The second-order valence-electron chi connectivity index (χ2n) is 8.37. The van der Waals surface area contributed by atoms with Crippen LogP contribution in [0.25, 0.3) is 0 Å². The number of anilines is 3. The molecular weight excluding hydrogens is 438 g/mol. The normalized spacial score (nSPS) is 13.8. The van der Waals surface area contributed by atoms with Gasteiger partial charge in [-0.15, -0.1) is 0 Å². The highest BCUT2D eigenvalue weighted by atomic mass is 32.2. The molecule has 0 saturated carbocycles. The predicted octanol–water partition coefficient (Wildman–Crippen LogP) is 7.69. The Bertz CT molecular complexity index is 1150. The fourth-order valence-electron chi connectivity index (χ4n) is 3.71. The van der Waals surface area contributed by atoms with Gasteiger partial charge in [0.1, 0.15) is 17.2 Å². The number of halogens is 4. The zero-order chi connectivity index (χ0) is 23.3. The Morgan fingerprint density at radius 2 is 1.66 bits per heavy atom. The standard InChI is InChI=1S/C24H23F4N3S/c1-14-6-5-7-19-21(14)31(32-17-10-8-16(9-11-17)23(3,4)25)13-18-15(2)12-20(24(26,27)28)30-22(18)29-19/h5-12H,13H2,1-4H3,(H,29,30). The van der Waals surface area contributed by atoms with Crippen LogP contribution >= 0.6 is 11.9 Å². The minimum absolute atomic E-state index is 0.210. The fourth-order valence-corrected chi connectivity index (χ4v) is 4.75. The third-order valence-corrected chi connectivity index (χ3v) is 6.45. The maximum Gasteiger partial charge on any atom is 0.433 e. The molecule has 0 spiro atoms. The van der Waals surface area contributed by atoms with Crippen molar-refractivity contribution in [2.45, 2.75) is 51.0 Å². The van der Waals surface area contributed by atoms with Crippen LogP contribution in [0.15, 0.2) is 53.4 Å². The average Bonchev–Trinajstić information content (AvgIpc) is 2.84. The van der Waals surface area contributed by atoms with Gasteiger partial charge >= 0.3 is 6.18 Å². The number of aromatic nitrogens is 1. The van der Waals surface area contributed by atoms with Crippen LogP contribution < -0.4 is 9.62 Å². The van der Waals surface area contributed by atoms with Crippen LogP contribution in [-0.4, -0.2) is 4.98 Å².